The lowest BCUT2D eigenvalue weighted by atomic mass is 9.90. The van der Waals surface area contributed by atoms with Crippen LogP contribution in [0.1, 0.15) is 19.2 Å². The maximum Gasteiger partial charge on any atom is 0.202 e. The van der Waals surface area contributed by atoms with E-state index in [0.717, 1.165) is 41.0 Å². The van der Waals surface area contributed by atoms with Gasteiger partial charge in [-0.25, -0.2) is 4.98 Å². The Bertz CT molecular complexity index is 529. The highest BCUT2D eigenvalue weighted by atomic mass is 79.9. The van der Waals surface area contributed by atoms with E-state index >= 15 is 0 Å². The van der Waals surface area contributed by atoms with Gasteiger partial charge in [-0.1, -0.05) is 6.07 Å². The van der Waals surface area contributed by atoms with Crippen LogP contribution >= 0.6 is 15.9 Å². The number of rotatable bonds is 1. The van der Waals surface area contributed by atoms with Gasteiger partial charge in [0.05, 0.1) is 9.89 Å². The highest BCUT2D eigenvalue weighted by Crippen LogP contribution is 2.33. The first kappa shape index (κ1) is 10.3. The zero-order valence-corrected chi connectivity index (χ0v) is 10.7. The highest BCUT2D eigenvalue weighted by molar-refractivity contribution is 9.10. The Kier molecular flexibility index (Phi) is 2.30. The molecule has 1 fully saturated rings. The Balaban J connectivity index is 2.15. The number of hydrogen-bond acceptors (Lipinski definition) is 3. The van der Waals surface area contributed by atoms with Crippen molar-refractivity contribution in [2.45, 2.75) is 18.8 Å². The second-order valence-corrected chi connectivity index (χ2v) is 5.45. The van der Waals surface area contributed by atoms with Gasteiger partial charge in [0.25, 0.3) is 0 Å². The number of nitrogens with zero attached hydrogens (tertiary/aromatic N) is 1. The summed E-state index contributed by atoms with van der Waals surface area (Å²) in [5, 5.41) is 3.36. The first-order valence-corrected chi connectivity index (χ1v) is 6.25. The predicted molar refractivity (Wildman–Crippen MR) is 66.5 cm³/mol. The van der Waals surface area contributed by atoms with Crippen LogP contribution in [0.5, 0.6) is 0 Å². The van der Waals surface area contributed by atoms with Gasteiger partial charge in [0, 0.05) is 6.54 Å². The van der Waals surface area contributed by atoms with Crippen molar-refractivity contribution < 1.29 is 4.42 Å². The van der Waals surface area contributed by atoms with Crippen molar-refractivity contribution in [2.24, 2.45) is 0 Å². The Morgan fingerprint density at radius 3 is 3.06 bits per heavy atom. The van der Waals surface area contributed by atoms with Crippen LogP contribution in [0.25, 0.3) is 11.1 Å². The fourth-order valence-corrected chi connectivity index (χ4v) is 2.61. The van der Waals surface area contributed by atoms with E-state index in [0.29, 0.717) is 0 Å². The lowest BCUT2D eigenvalue weighted by Gasteiger charge is -2.17. The second-order valence-electron chi connectivity index (χ2n) is 4.59. The molecule has 0 bridgehead atoms. The molecule has 1 atom stereocenters. The SMILES string of the molecule is CC1(c2nc3cccc(Br)c3o2)CCNC1. The van der Waals surface area contributed by atoms with Crippen molar-refractivity contribution in [1.29, 1.82) is 0 Å². The molecular formula is C12H13BrN2O. The average Bonchev–Trinajstić information content (AvgIpc) is 2.85. The van der Waals surface area contributed by atoms with Crippen molar-refractivity contribution >= 4 is 27.0 Å². The molecule has 0 radical (unpaired) electrons. The summed E-state index contributed by atoms with van der Waals surface area (Å²) in [6.07, 6.45) is 1.08. The maximum absolute atomic E-state index is 5.89. The van der Waals surface area contributed by atoms with E-state index in [1.165, 1.54) is 0 Å². The molecule has 1 aliphatic heterocycles. The largest absolute Gasteiger partial charge is 0.439 e. The molecule has 1 aliphatic rings. The van der Waals surface area contributed by atoms with Gasteiger partial charge in [-0.2, -0.15) is 0 Å². The Morgan fingerprint density at radius 1 is 1.50 bits per heavy atom. The Labute approximate surface area is 102 Å². The van der Waals surface area contributed by atoms with Gasteiger partial charge < -0.3 is 9.73 Å². The number of benzene rings is 1. The highest BCUT2D eigenvalue weighted by Gasteiger charge is 2.35. The minimum Gasteiger partial charge on any atom is -0.439 e. The number of para-hydroxylation sites is 1. The normalized spacial score (nSPS) is 25.4. The third-order valence-corrected chi connectivity index (χ3v) is 3.88. The molecule has 1 N–H and O–H groups in total. The zero-order chi connectivity index (χ0) is 11.2. The van der Waals surface area contributed by atoms with E-state index in [2.05, 4.69) is 33.2 Å². The summed E-state index contributed by atoms with van der Waals surface area (Å²) >= 11 is 3.49. The fraction of sp³-hybridized carbons (Fsp3) is 0.417. The summed E-state index contributed by atoms with van der Waals surface area (Å²) in [6, 6.07) is 5.94. The molecule has 1 saturated heterocycles. The summed E-state index contributed by atoms with van der Waals surface area (Å²) in [4.78, 5) is 4.59. The zero-order valence-electron chi connectivity index (χ0n) is 9.09. The number of fused-ring (bicyclic) bond motifs is 1. The van der Waals surface area contributed by atoms with Crippen molar-refractivity contribution in [3.63, 3.8) is 0 Å². The van der Waals surface area contributed by atoms with Crippen LogP contribution in [0.3, 0.4) is 0 Å². The van der Waals surface area contributed by atoms with Gasteiger partial charge in [0.2, 0.25) is 5.89 Å². The molecule has 2 aromatic rings. The molecule has 2 heterocycles. The minimum atomic E-state index is 0.0401. The number of nitrogens with one attached hydrogen (secondary N) is 1. The standard InChI is InChI=1S/C12H13BrN2O/c1-12(5-6-14-7-12)11-15-9-4-2-3-8(13)10(9)16-11/h2-4,14H,5-7H2,1H3. The van der Waals surface area contributed by atoms with Crippen LogP contribution in [0, 0.1) is 0 Å². The van der Waals surface area contributed by atoms with E-state index in [1.54, 1.807) is 0 Å². The molecule has 0 spiro atoms. The number of oxazole rings is 1. The van der Waals surface area contributed by atoms with Crippen molar-refractivity contribution in [2.75, 3.05) is 13.1 Å². The van der Waals surface area contributed by atoms with Crippen molar-refractivity contribution in [3.05, 3.63) is 28.6 Å². The molecule has 4 heteroatoms. The van der Waals surface area contributed by atoms with Crippen molar-refractivity contribution in [1.82, 2.24) is 10.3 Å². The summed E-state index contributed by atoms with van der Waals surface area (Å²) in [5.41, 5.74) is 1.82. The number of halogens is 1. The lowest BCUT2D eigenvalue weighted by molar-refractivity contribution is 0.382. The molecular weight excluding hydrogens is 268 g/mol. The van der Waals surface area contributed by atoms with E-state index < -0.39 is 0 Å². The van der Waals surface area contributed by atoms with Crippen LogP contribution in [-0.2, 0) is 5.41 Å². The minimum absolute atomic E-state index is 0.0401. The Morgan fingerprint density at radius 2 is 2.38 bits per heavy atom. The molecule has 3 rings (SSSR count). The molecule has 84 valence electrons. The van der Waals surface area contributed by atoms with Gasteiger partial charge in [0.15, 0.2) is 5.58 Å². The lowest BCUT2D eigenvalue weighted by Crippen LogP contribution is -2.25. The fourth-order valence-electron chi connectivity index (χ4n) is 2.17. The van der Waals surface area contributed by atoms with Gasteiger partial charge in [0.1, 0.15) is 5.52 Å². The van der Waals surface area contributed by atoms with Gasteiger partial charge in [-0.3, -0.25) is 0 Å². The second kappa shape index (κ2) is 3.57. The molecule has 1 unspecified atom stereocenters. The summed E-state index contributed by atoms with van der Waals surface area (Å²) in [6.45, 7) is 4.18. The third kappa shape index (κ3) is 1.48. The topological polar surface area (TPSA) is 38.1 Å². The Hall–Kier alpha value is -0.870. The summed E-state index contributed by atoms with van der Waals surface area (Å²) in [5.74, 6) is 0.847. The first-order valence-electron chi connectivity index (χ1n) is 5.45. The van der Waals surface area contributed by atoms with E-state index in [4.69, 9.17) is 4.42 Å². The van der Waals surface area contributed by atoms with E-state index in [9.17, 15) is 0 Å². The maximum atomic E-state index is 5.89. The van der Waals surface area contributed by atoms with Crippen molar-refractivity contribution in [3.8, 4) is 0 Å². The number of aromatic nitrogens is 1. The molecule has 0 amide bonds. The average molecular weight is 281 g/mol. The molecule has 1 aromatic carbocycles. The molecule has 0 saturated carbocycles. The first-order chi connectivity index (χ1) is 7.69. The van der Waals surface area contributed by atoms with Crippen LogP contribution in [0.4, 0.5) is 0 Å². The smallest absolute Gasteiger partial charge is 0.202 e. The van der Waals surface area contributed by atoms with E-state index in [1.807, 2.05) is 18.2 Å². The van der Waals surface area contributed by atoms with E-state index in [-0.39, 0.29) is 5.41 Å². The van der Waals surface area contributed by atoms with Gasteiger partial charge in [-0.15, -0.1) is 0 Å². The molecule has 16 heavy (non-hydrogen) atoms. The van der Waals surface area contributed by atoms with Crippen LogP contribution in [0.2, 0.25) is 0 Å². The summed E-state index contributed by atoms with van der Waals surface area (Å²) < 4.78 is 6.86. The quantitative estimate of drug-likeness (QED) is 0.873. The van der Waals surface area contributed by atoms with Crippen LogP contribution in [0.15, 0.2) is 27.1 Å². The molecule has 3 nitrogen and oxygen atoms in total. The monoisotopic (exact) mass is 280 g/mol. The molecule has 1 aromatic heterocycles. The predicted octanol–water partition coefficient (Wildman–Crippen LogP) is 2.84. The number of hydrogen-bond donors (Lipinski definition) is 1. The summed E-state index contributed by atoms with van der Waals surface area (Å²) in [7, 11) is 0. The molecule has 0 aliphatic carbocycles. The third-order valence-electron chi connectivity index (χ3n) is 3.25. The van der Waals surface area contributed by atoms with Gasteiger partial charge >= 0.3 is 0 Å². The van der Waals surface area contributed by atoms with Crippen LogP contribution in [-0.4, -0.2) is 18.1 Å². The van der Waals surface area contributed by atoms with Crippen LogP contribution < -0.4 is 5.32 Å². The van der Waals surface area contributed by atoms with Gasteiger partial charge in [-0.05, 0) is 48.0 Å².